The van der Waals surface area contributed by atoms with Crippen LogP contribution >= 0.6 is 0 Å². The molecule has 0 aromatic heterocycles. The molecule has 88 valence electrons. The van der Waals surface area contributed by atoms with Crippen LogP contribution in [0.15, 0.2) is 18.2 Å². The molecule has 3 nitrogen and oxygen atoms in total. The highest BCUT2D eigenvalue weighted by molar-refractivity contribution is 5.78. The van der Waals surface area contributed by atoms with Crippen LogP contribution in [0.4, 0.5) is 0 Å². The van der Waals surface area contributed by atoms with Crippen LogP contribution in [0.5, 0.6) is 11.5 Å². The molecule has 0 saturated carbocycles. The van der Waals surface area contributed by atoms with Crippen LogP contribution in [-0.4, -0.2) is 19.0 Å². The highest BCUT2D eigenvalue weighted by Gasteiger charge is 2.08. The van der Waals surface area contributed by atoms with Crippen LogP contribution < -0.4 is 9.47 Å². The first-order chi connectivity index (χ1) is 7.52. The van der Waals surface area contributed by atoms with Crippen molar-refractivity contribution in [3.63, 3.8) is 0 Å². The summed E-state index contributed by atoms with van der Waals surface area (Å²) in [5.41, 5.74) is 0.948. The first kappa shape index (κ1) is 12.6. The van der Waals surface area contributed by atoms with Crippen LogP contribution in [0.3, 0.4) is 0 Å². The molecule has 0 aliphatic rings. The van der Waals surface area contributed by atoms with E-state index < -0.39 is 0 Å². The normalized spacial score (nSPS) is 10.3. The fourth-order valence-corrected chi connectivity index (χ4v) is 1.46. The minimum Gasteiger partial charge on any atom is -0.493 e. The summed E-state index contributed by atoms with van der Waals surface area (Å²) in [6.07, 6.45) is 0.514. The van der Waals surface area contributed by atoms with Crippen LogP contribution in [0.25, 0.3) is 0 Å². The third-order valence-electron chi connectivity index (χ3n) is 2.04. The second-order valence-corrected chi connectivity index (χ2v) is 4.03. The van der Waals surface area contributed by atoms with Gasteiger partial charge in [0.15, 0.2) is 11.5 Å². The molecule has 1 aromatic rings. The van der Waals surface area contributed by atoms with E-state index in [1.165, 1.54) is 0 Å². The van der Waals surface area contributed by atoms with Crippen molar-refractivity contribution in [2.75, 3.05) is 7.11 Å². The Morgan fingerprint density at radius 1 is 1.31 bits per heavy atom. The maximum atomic E-state index is 11.0. The summed E-state index contributed by atoms with van der Waals surface area (Å²) in [7, 11) is 1.60. The van der Waals surface area contributed by atoms with Gasteiger partial charge >= 0.3 is 0 Å². The van der Waals surface area contributed by atoms with Crippen molar-refractivity contribution in [3.05, 3.63) is 23.8 Å². The third-order valence-corrected chi connectivity index (χ3v) is 2.04. The Balaban J connectivity index is 2.96. The van der Waals surface area contributed by atoms with Crippen LogP contribution in [0.2, 0.25) is 0 Å². The highest BCUT2D eigenvalue weighted by Crippen LogP contribution is 2.29. The van der Waals surface area contributed by atoms with Gasteiger partial charge in [-0.05, 0) is 38.5 Å². The molecule has 1 aromatic carbocycles. The molecule has 0 N–H and O–H groups in total. The zero-order valence-corrected chi connectivity index (χ0v) is 10.2. The van der Waals surface area contributed by atoms with Crippen molar-refractivity contribution in [1.82, 2.24) is 0 Å². The molecular weight excluding hydrogens is 204 g/mol. The standard InChI is InChI=1S/C13H18O3/c1-9(2)16-13-8-11(7-10(3)14)5-6-12(13)15-4/h5-6,8-9H,7H2,1-4H3. The van der Waals surface area contributed by atoms with Crippen molar-refractivity contribution >= 4 is 5.78 Å². The van der Waals surface area contributed by atoms with E-state index in [0.29, 0.717) is 17.9 Å². The molecule has 0 radical (unpaired) electrons. The SMILES string of the molecule is COc1ccc(CC(C)=O)cc1OC(C)C. The number of benzene rings is 1. The van der Waals surface area contributed by atoms with E-state index >= 15 is 0 Å². The summed E-state index contributed by atoms with van der Waals surface area (Å²) in [4.78, 5) is 11.0. The van der Waals surface area contributed by atoms with E-state index in [4.69, 9.17) is 9.47 Å². The molecule has 0 atom stereocenters. The molecule has 1 rings (SSSR count). The zero-order chi connectivity index (χ0) is 12.1. The van der Waals surface area contributed by atoms with Crippen LogP contribution in [0, 0.1) is 0 Å². The lowest BCUT2D eigenvalue weighted by Crippen LogP contribution is -2.07. The van der Waals surface area contributed by atoms with Crippen molar-refractivity contribution < 1.29 is 14.3 Å². The molecule has 0 heterocycles. The first-order valence-electron chi connectivity index (χ1n) is 5.36. The number of Topliss-reactive ketones (excluding diaryl/α,β-unsaturated/α-hetero) is 1. The predicted octanol–water partition coefficient (Wildman–Crippen LogP) is 2.61. The molecule has 0 amide bonds. The predicted molar refractivity (Wildman–Crippen MR) is 63.1 cm³/mol. The van der Waals surface area contributed by atoms with Crippen molar-refractivity contribution in [2.24, 2.45) is 0 Å². The van der Waals surface area contributed by atoms with Gasteiger partial charge in [0.1, 0.15) is 5.78 Å². The van der Waals surface area contributed by atoms with E-state index in [1.54, 1.807) is 14.0 Å². The van der Waals surface area contributed by atoms with Crippen LogP contribution in [-0.2, 0) is 11.2 Å². The van der Waals surface area contributed by atoms with E-state index in [9.17, 15) is 4.79 Å². The Morgan fingerprint density at radius 2 is 2.00 bits per heavy atom. The molecule has 0 bridgehead atoms. The van der Waals surface area contributed by atoms with Gasteiger partial charge < -0.3 is 9.47 Å². The molecule has 0 saturated heterocycles. The number of rotatable bonds is 5. The van der Waals surface area contributed by atoms with Gasteiger partial charge in [-0.15, -0.1) is 0 Å². The molecule has 16 heavy (non-hydrogen) atoms. The summed E-state index contributed by atoms with van der Waals surface area (Å²) < 4.78 is 10.8. The number of methoxy groups -OCH3 is 1. The Kier molecular flexibility index (Phi) is 4.35. The van der Waals surface area contributed by atoms with Gasteiger partial charge in [0.05, 0.1) is 13.2 Å². The summed E-state index contributed by atoms with van der Waals surface area (Å²) in [6, 6.07) is 5.57. The molecule has 0 fully saturated rings. The van der Waals surface area contributed by atoms with Crippen molar-refractivity contribution in [2.45, 2.75) is 33.3 Å². The summed E-state index contributed by atoms with van der Waals surface area (Å²) in [6.45, 7) is 5.49. The number of carbonyl (C=O) groups excluding carboxylic acids is 1. The molecule has 0 aliphatic carbocycles. The van der Waals surface area contributed by atoms with Crippen molar-refractivity contribution in [3.8, 4) is 11.5 Å². The lowest BCUT2D eigenvalue weighted by atomic mass is 10.1. The van der Waals surface area contributed by atoms with E-state index in [-0.39, 0.29) is 11.9 Å². The van der Waals surface area contributed by atoms with Crippen molar-refractivity contribution in [1.29, 1.82) is 0 Å². The number of ether oxygens (including phenoxy) is 2. The minimum absolute atomic E-state index is 0.0847. The minimum atomic E-state index is 0.0847. The average Bonchev–Trinajstić information content (AvgIpc) is 2.16. The lowest BCUT2D eigenvalue weighted by Gasteiger charge is -2.14. The second-order valence-electron chi connectivity index (χ2n) is 4.03. The van der Waals surface area contributed by atoms with Gasteiger partial charge in [0.25, 0.3) is 0 Å². The maximum Gasteiger partial charge on any atom is 0.161 e. The molecular formula is C13H18O3. The average molecular weight is 222 g/mol. The monoisotopic (exact) mass is 222 g/mol. The Bertz CT molecular complexity index is 369. The van der Waals surface area contributed by atoms with Gasteiger partial charge in [-0.3, -0.25) is 4.79 Å². The fourth-order valence-electron chi connectivity index (χ4n) is 1.46. The number of carbonyl (C=O) groups is 1. The van der Waals surface area contributed by atoms with Gasteiger partial charge in [0, 0.05) is 6.42 Å². The molecule has 0 aliphatic heterocycles. The highest BCUT2D eigenvalue weighted by atomic mass is 16.5. The number of hydrogen-bond donors (Lipinski definition) is 0. The van der Waals surface area contributed by atoms with E-state index in [0.717, 1.165) is 5.56 Å². The second kappa shape index (κ2) is 5.54. The van der Waals surface area contributed by atoms with E-state index in [2.05, 4.69) is 0 Å². The van der Waals surface area contributed by atoms with Gasteiger partial charge in [-0.2, -0.15) is 0 Å². The Morgan fingerprint density at radius 3 is 2.50 bits per heavy atom. The molecule has 0 unspecified atom stereocenters. The summed E-state index contributed by atoms with van der Waals surface area (Å²) in [5, 5.41) is 0. The van der Waals surface area contributed by atoms with Gasteiger partial charge in [-0.1, -0.05) is 6.07 Å². The molecule has 3 heteroatoms. The first-order valence-corrected chi connectivity index (χ1v) is 5.36. The third kappa shape index (κ3) is 3.57. The summed E-state index contributed by atoms with van der Waals surface area (Å²) in [5.74, 6) is 1.53. The van der Waals surface area contributed by atoms with Gasteiger partial charge in [0.2, 0.25) is 0 Å². The lowest BCUT2D eigenvalue weighted by molar-refractivity contribution is -0.116. The van der Waals surface area contributed by atoms with Crippen LogP contribution in [0.1, 0.15) is 26.3 Å². The maximum absolute atomic E-state index is 11.0. The Hall–Kier alpha value is -1.51. The summed E-state index contributed by atoms with van der Waals surface area (Å²) >= 11 is 0. The van der Waals surface area contributed by atoms with Gasteiger partial charge in [-0.25, -0.2) is 0 Å². The molecule has 0 spiro atoms. The quantitative estimate of drug-likeness (QED) is 0.768. The number of ketones is 1. The van der Waals surface area contributed by atoms with E-state index in [1.807, 2.05) is 32.0 Å². The fraction of sp³-hybridized carbons (Fsp3) is 0.462. The zero-order valence-electron chi connectivity index (χ0n) is 10.2. The Labute approximate surface area is 96.4 Å². The largest absolute Gasteiger partial charge is 0.493 e. The number of hydrogen-bond acceptors (Lipinski definition) is 3. The topological polar surface area (TPSA) is 35.5 Å². The smallest absolute Gasteiger partial charge is 0.161 e.